The van der Waals surface area contributed by atoms with Crippen LogP contribution in [0.15, 0.2) is 180 Å². The Morgan fingerprint density at radius 3 is 1.62 bits per heavy atom. The van der Waals surface area contributed by atoms with Gasteiger partial charge in [-0.25, -0.2) is 0 Å². The largest absolute Gasteiger partial charge is 0.490 e. The van der Waals surface area contributed by atoms with E-state index in [1.807, 2.05) is 6.07 Å². The average molecular weight is 993 g/mol. The van der Waals surface area contributed by atoms with E-state index in [0.29, 0.717) is 13.2 Å². The summed E-state index contributed by atoms with van der Waals surface area (Å²) in [5.74, 6) is 1.57. The normalized spacial score (nSPS) is 14.2. The second-order valence-corrected chi connectivity index (χ2v) is 24.5. The molecular formula is C70H65BN2O3. The Morgan fingerprint density at radius 1 is 0.395 bits per heavy atom. The highest BCUT2D eigenvalue weighted by atomic mass is 16.5. The molecule has 0 amide bonds. The highest BCUT2D eigenvalue weighted by molar-refractivity contribution is 7.00. The minimum atomic E-state index is -0.0822. The number of fused-ring (bicyclic) bond motifs is 8. The topological polar surface area (TPSA) is 38.1 Å². The number of hydrogen-bond donors (Lipinski definition) is 0. The van der Waals surface area contributed by atoms with Crippen molar-refractivity contribution in [2.45, 2.75) is 91.9 Å². The molecule has 5 nitrogen and oxygen atoms in total. The Labute approximate surface area is 448 Å². The maximum absolute atomic E-state index is 6.53. The number of ether oxygens (including phenoxy) is 2. The van der Waals surface area contributed by atoms with E-state index in [4.69, 9.17) is 13.9 Å². The fraction of sp³-hybridized carbons (Fsp3) is 0.229. The van der Waals surface area contributed by atoms with E-state index in [1.54, 1.807) is 0 Å². The molecule has 1 aromatic heterocycles. The van der Waals surface area contributed by atoms with Gasteiger partial charge >= 0.3 is 0 Å². The molecule has 0 atom stereocenters. The number of nitrogens with zero attached hydrogens (tertiary/aromatic N) is 2. The maximum Gasteiger partial charge on any atom is 0.252 e. The van der Waals surface area contributed by atoms with Crippen molar-refractivity contribution in [2.24, 2.45) is 0 Å². The van der Waals surface area contributed by atoms with Gasteiger partial charge in [-0.15, -0.1) is 0 Å². The Kier molecular flexibility index (Phi) is 11.0. The molecule has 376 valence electrons. The van der Waals surface area contributed by atoms with Gasteiger partial charge in [0.25, 0.3) is 6.71 Å². The van der Waals surface area contributed by atoms with Crippen LogP contribution in [0.5, 0.6) is 11.5 Å². The highest BCUT2D eigenvalue weighted by Crippen LogP contribution is 2.49. The second-order valence-electron chi connectivity index (χ2n) is 24.5. The quantitative estimate of drug-likeness (QED) is 0.161. The molecule has 3 aliphatic heterocycles. The van der Waals surface area contributed by atoms with Gasteiger partial charge in [0.1, 0.15) is 11.2 Å². The minimum absolute atomic E-state index is 0.0324. The summed E-state index contributed by atoms with van der Waals surface area (Å²) in [6, 6.07) is 66.4. The van der Waals surface area contributed by atoms with Crippen molar-refractivity contribution in [1.29, 1.82) is 0 Å². The van der Waals surface area contributed by atoms with Crippen molar-refractivity contribution in [3.8, 4) is 44.9 Å². The summed E-state index contributed by atoms with van der Waals surface area (Å²) in [5, 5.41) is 2.25. The van der Waals surface area contributed by atoms with Crippen molar-refractivity contribution in [1.82, 2.24) is 0 Å². The van der Waals surface area contributed by atoms with Gasteiger partial charge in [-0.3, -0.25) is 0 Å². The average Bonchev–Trinajstić information content (AvgIpc) is 3.64. The monoisotopic (exact) mass is 993 g/mol. The fourth-order valence-corrected chi connectivity index (χ4v) is 11.9. The first-order chi connectivity index (χ1) is 36.4. The van der Waals surface area contributed by atoms with E-state index in [0.717, 1.165) is 85.1 Å². The lowest BCUT2D eigenvalue weighted by molar-refractivity contribution is 0.297. The van der Waals surface area contributed by atoms with Crippen molar-refractivity contribution in [2.75, 3.05) is 23.0 Å². The first-order valence-corrected chi connectivity index (χ1v) is 27.2. The summed E-state index contributed by atoms with van der Waals surface area (Å²) in [6.45, 7) is 24.1. The third kappa shape index (κ3) is 8.16. The number of anilines is 6. The summed E-state index contributed by atoms with van der Waals surface area (Å²) in [5.41, 5.74) is 24.4. The molecule has 0 unspecified atom stereocenters. The van der Waals surface area contributed by atoms with Gasteiger partial charge in [-0.2, -0.15) is 0 Å². The summed E-state index contributed by atoms with van der Waals surface area (Å²) in [6.07, 6.45) is 0.845. The molecule has 6 heteroatoms. The lowest BCUT2D eigenvalue weighted by Crippen LogP contribution is -2.61. The van der Waals surface area contributed by atoms with Gasteiger partial charge in [-0.05, 0) is 168 Å². The predicted molar refractivity (Wildman–Crippen MR) is 320 cm³/mol. The smallest absolute Gasteiger partial charge is 0.252 e. The van der Waals surface area contributed by atoms with Crippen LogP contribution in [0.3, 0.4) is 0 Å². The third-order valence-electron chi connectivity index (χ3n) is 16.1. The van der Waals surface area contributed by atoms with Gasteiger partial charge in [0, 0.05) is 51.7 Å². The molecule has 3 aliphatic rings. The Balaban J connectivity index is 1.09. The number of para-hydroxylation sites is 1. The molecule has 0 aliphatic carbocycles. The van der Waals surface area contributed by atoms with Crippen LogP contribution in [-0.4, -0.2) is 19.9 Å². The maximum atomic E-state index is 6.53. The Hall–Kier alpha value is -7.96. The van der Waals surface area contributed by atoms with Crippen molar-refractivity contribution in [3.63, 3.8) is 0 Å². The van der Waals surface area contributed by atoms with Gasteiger partial charge in [0.05, 0.1) is 18.9 Å². The number of benzene rings is 9. The van der Waals surface area contributed by atoms with Gasteiger partial charge in [0.15, 0.2) is 11.5 Å². The molecule has 13 rings (SSSR count). The molecule has 76 heavy (non-hydrogen) atoms. The second kappa shape index (κ2) is 17.6. The van der Waals surface area contributed by atoms with E-state index in [1.165, 1.54) is 60.9 Å². The zero-order valence-electron chi connectivity index (χ0n) is 45.6. The van der Waals surface area contributed by atoms with Crippen molar-refractivity contribution < 1.29 is 13.9 Å². The number of rotatable bonds is 5. The zero-order chi connectivity index (χ0) is 52.4. The summed E-state index contributed by atoms with van der Waals surface area (Å²) in [7, 11) is 0. The standard InChI is InChI=1S/C70H65BN2O3/c1-43-34-61-67-62(35-43)73(54-37-48(44-16-22-50(23-17-44)68(2,3)4)36-49(38-54)45-18-24-51(25-19-45)69(5,6)7)60-39-46(47-20-28-56-55-14-11-12-15-63(55)76-65(56)40-47)21-29-57(60)71(67)58-41-52(70(8,9)10)26-30-59(58)72(61)53-27-31-64-66(42-53)75-33-13-32-74-64/h11-12,14-31,34-42H,13,32-33H2,1-10H3. The van der Waals surface area contributed by atoms with Crippen molar-refractivity contribution >= 4 is 79.2 Å². The fourth-order valence-electron chi connectivity index (χ4n) is 11.9. The van der Waals surface area contributed by atoms with E-state index < -0.39 is 0 Å². The van der Waals surface area contributed by atoms with Crippen LogP contribution in [0, 0.1) is 6.92 Å². The third-order valence-corrected chi connectivity index (χ3v) is 16.1. The molecular weight excluding hydrogens is 928 g/mol. The Bertz CT molecular complexity index is 3860. The molecule has 0 spiro atoms. The van der Waals surface area contributed by atoms with Crippen LogP contribution >= 0.6 is 0 Å². The van der Waals surface area contributed by atoms with Gasteiger partial charge < -0.3 is 23.7 Å². The SMILES string of the molecule is Cc1cc2c3c(c1)N(c1cc(-c4ccc(C(C)(C)C)cc4)cc(-c4ccc(C(C)(C)C)cc4)c1)c1cc(-c4ccc5c(c4)oc4ccccc45)ccc1B3c1cc(C(C)(C)C)ccc1N2c1ccc2c(c1)OCCCO2. The summed E-state index contributed by atoms with van der Waals surface area (Å²) >= 11 is 0. The summed E-state index contributed by atoms with van der Waals surface area (Å²) in [4.78, 5) is 5.06. The zero-order valence-corrected chi connectivity index (χ0v) is 45.6. The van der Waals surface area contributed by atoms with Crippen LogP contribution < -0.4 is 35.7 Å². The number of aryl methyl sites for hydroxylation is 1. The molecule has 0 saturated carbocycles. The minimum Gasteiger partial charge on any atom is -0.490 e. The first kappa shape index (κ1) is 47.7. The van der Waals surface area contributed by atoms with Crippen LogP contribution in [0.1, 0.15) is 91.0 Å². The highest BCUT2D eigenvalue weighted by Gasteiger charge is 2.44. The lowest BCUT2D eigenvalue weighted by Gasteiger charge is -2.45. The van der Waals surface area contributed by atoms with E-state index in [2.05, 4.69) is 249 Å². The number of furan rings is 1. The van der Waals surface area contributed by atoms with Crippen LogP contribution in [0.25, 0.3) is 55.3 Å². The molecule has 9 aromatic carbocycles. The molecule has 0 radical (unpaired) electrons. The molecule has 0 bridgehead atoms. The van der Waals surface area contributed by atoms with Gasteiger partial charge in [0.2, 0.25) is 0 Å². The molecule has 0 fully saturated rings. The lowest BCUT2D eigenvalue weighted by atomic mass is 9.33. The molecule has 0 saturated heterocycles. The van der Waals surface area contributed by atoms with Gasteiger partial charge in [-0.1, -0.05) is 159 Å². The van der Waals surface area contributed by atoms with E-state index in [9.17, 15) is 0 Å². The number of hydrogen-bond acceptors (Lipinski definition) is 5. The molecule has 10 aromatic rings. The van der Waals surface area contributed by atoms with E-state index >= 15 is 0 Å². The first-order valence-electron chi connectivity index (χ1n) is 27.2. The summed E-state index contributed by atoms with van der Waals surface area (Å²) < 4.78 is 19.1. The predicted octanol–water partition coefficient (Wildman–Crippen LogP) is 17.0. The van der Waals surface area contributed by atoms with Crippen molar-refractivity contribution in [3.05, 3.63) is 198 Å². The molecule has 4 heterocycles. The Morgan fingerprint density at radius 2 is 0.961 bits per heavy atom. The van der Waals surface area contributed by atoms with E-state index in [-0.39, 0.29) is 23.0 Å². The van der Waals surface area contributed by atoms with Crippen LogP contribution in [0.4, 0.5) is 34.1 Å². The van der Waals surface area contributed by atoms with Crippen LogP contribution in [-0.2, 0) is 16.2 Å². The van der Waals surface area contributed by atoms with Crippen LogP contribution in [0.2, 0.25) is 0 Å². The molecule has 0 N–H and O–H groups in total.